The molecule has 2 aromatic carbocycles. The maximum Gasteiger partial charge on any atom is 0.238 e. The molecule has 2 aromatic rings. The summed E-state index contributed by atoms with van der Waals surface area (Å²) < 4.78 is 0. The Balaban J connectivity index is 1.91. The number of nitrogens with one attached hydrogen (secondary N) is 1. The lowest BCUT2D eigenvalue weighted by Crippen LogP contribution is -2.30. The van der Waals surface area contributed by atoms with Crippen LogP contribution < -0.4 is 5.32 Å². The Kier molecular flexibility index (Phi) is 5.37. The molecule has 0 aromatic heterocycles. The Hall–Kier alpha value is -1.84. The maximum absolute atomic E-state index is 12.1. The monoisotopic (exact) mass is 302 g/mol. The van der Waals surface area contributed by atoms with Crippen molar-refractivity contribution in [2.75, 3.05) is 18.9 Å². The molecule has 0 saturated carbocycles. The molecular weight excluding hydrogens is 284 g/mol. The first-order valence-corrected chi connectivity index (χ1v) is 7.21. The number of carbonyl (C=O) groups excluding carboxylic acids is 1. The van der Waals surface area contributed by atoms with Crippen LogP contribution in [0.15, 0.2) is 48.5 Å². The normalized spacial score (nSPS) is 10.7. The van der Waals surface area contributed by atoms with Crippen LogP contribution in [0.3, 0.4) is 0 Å². The van der Waals surface area contributed by atoms with Crippen molar-refractivity contribution in [3.05, 3.63) is 64.7 Å². The Labute approximate surface area is 130 Å². The van der Waals surface area contributed by atoms with E-state index in [9.17, 15) is 4.79 Å². The fourth-order valence-electron chi connectivity index (χ4n) is 2.12. The van der Waals surface area contributed by atoms with E-state index in [4.69, 9.17) is 11.6 Å². The number of nitrogens with zero attached hydrogens (tertiary/aromatic N) is 1. The molecule has 0 spiro atoms. The molecule has 0 fully saturated rings. The van der Waals surface area contributed by atoms with E-state index in [0.717, 1.165) is 21.8 Å². The van der Waals surface area contributed by atoms with Gasteiger partial charge >= 0.3 is 0 Å². The fourth-order valence-corrected chi connectivity index (χ4v) is 2.32. The molecule has 0 aliphatic heterocycles. The first kappa shape index (κ1) is 15.5. The highest BCUT2D eigenvalue weighted by Crippen LogP contribution is 2.17. The zero-order chi connectivity index (χ0) is 15.2. The highest BCUT2D eigenvalue weighted by Gasteiger charge is 2.09. The van der Waals surface area contributed by atoms with E-state index in [1.54, 1.807) is 0 Å². The third-order valence-corrected chi connectivity index (χ3v) is 3.60. The van der Waals surface area contributed by atoms with Gasteiger partial charge in [0.2, 0.25) is 5.91 Å². The van der Waals surface area contributed by atoms with Gasteiger partial charge in [-0.2, -0.15) is 0 Å². The zero-order valence-electron chi connectivity index (χ0n) is 12.3. The van der Waals surface area contributed by atoms with E-state index in [1.165, 1.54) is 0 Å². The Morgan fingerprint density at radius 1 is 1.14 bits per heavy atom. The summed E-state index contributed by atoms with van der Waals surface area (Å²) in [6, 6.07) is 15.4. The van der Waals surface area contributed by atoms with Crippen LogP contribution in [0.4, 0.5) is 5.69 Å². The second-order valence-corrected chi connectivity index (χ2v) is 5.53. The van der Waals surface area contributed by atoms with Crippen molar-refractivity contribution in [3.63, 3.8) is 0 Å². The Morgan fingerprint density at radius 2 is 1.81 bits per heavy atom. The van der Waals surface area contributed by atoms with Crippen molar-refractivity contribution < 1.29 is 4.79 Å². The first-order chi connectivity index (χ1) is 10.1. The molecular formula is C17H19ClN2O. The van der Waals surface area contributed by atoms with E-state index < -0.39 is 0 Å². The number of anilines is 1. The van der Waals surface area contributed by atoms with Crippen LogP contribution in [-0.2, 0) is 11.3 Å². The van der Waals surface area contributed by atoms with Gasteiger partial charge < -0.3 is 5.32 Å². The second-order valence-electron chi connectivity index (χ2n) is 5.13. The third-order valence-electron chi connectivity index (χ3n) is 3.23. The molecule has 0 heterocycles. The van der Waals surface area contributed by atoms with Gasteiger partial charge in [-0.3, -0.25) is 9.69 Å². The molecule has 110 valence electrons. The average molecular weight is 303 g/mol. The second kappa shape index (κ2) is 7.25. The lowest BCUT2D eigenvalue weighted by atomic mass is 10.2. The van der Waals surface area contributed by atoms with Crippen molar-refractivity contribution in [2.45, 2.75) is 13.5 Å². The molecule has 1 amide bonds. The molecule has 2 rings (SSSR count). The number of carbonyl (C=O) groups is 1. The Bertz CT molecular complexity index is 628. The number of hydrogen-bond donors (Lipinski definition) is 1. The minimum Gasteiger partial charge on any atom is -0.325 e. The highest BCUT2D eigenvalue weighted by molar-refractivity contribution is 6.31. The standard InChI is InChI=1S/C17H19ClN2O/c1-13-7-3-6-10-16(13)19-17(21)12-20(2)11-14-8-4-5-9-15(14)18/h3-10H,11-12H2,1-2H3,(H,19,21). The third kappa shape index (κ3) is 4.59. The molecule has 1 N–H and O–H groups in total. The minimum absolute atomic E-state index is 0.0288. The van der Waals surface area contributed by atoms with E-state index >= 15 is 0 Å². The van der Waals surface area contributed by atoms with Gasteiger partial charge in [0.15, 0.2) is 0 Å². The lowest BCUT2D eigenvalue weighted by molar-refractivity contribution is -0.117. The van der Waals surface area contributed by atoms with Crippen LogP contribution in [0.1, 0.15) is 11.1 Å². The van der Waals surface area contributed by atoms with Crippen molar-refractivity contribution in [2.24, 2.45) is 0 Å². The largest absolute Gasteiger partial charge is 0.325 e. The van der Waals surface area contributed by atoms with Crippen LogP contribution >= 0.6 is 11.6 Å². The van der Waals surface area contributed by atoms with Gasteiger partial charge in [-0.05, 0) is 37.2 Å². The molecule has 0 bridgehead atoms. The van der Waals surface area contributed by atoms with Crippen molar-refractivity contribution in [3.8, 4) is 0 Å². The summed E-state index contributed by atoms with van der Waals surface area (Å²) in [5, 5.41) is 3.65. The lowest BCUT2D eigenvalue weighted by Gasteiger charge is -2.17. The molecule has 0 atom stereocenters. The van der Waals surface area contributed by atoms with Crippen molar-refractivity contribution in [1.82, 2.24) is 4.90 Å². The van der Waals surface area contributed by atoms with E-state index in [0.29, 0.717) is 13.1 Å². The molecule has 4 heteroatoms. The average Bonchev–Trinajstić information content (AvgIpc) is 2.44. The number of likely N-dealkylation sites (N-methyl/N-ethyl adjacent to an activating group) is 1. The van der Waals surface area contributed by atoms with Crippen molar-refractivity contribution >= 4 is 23.2 Å². The number of para-hydroxylation sites is 1. The van der Waals surface area contributed by atoms with Crippen LogP contribution in [0.25, 0.3) is 0 Å². The summed E-state index contributed by atoms with van der Waals surface area (Å²) in [5.74, 6) is -0.0288. The topological polar surface area (TPSA) is 32.3 Å². The maximum atomic E-state index is 12.1. The number of hydrogen-bond acceptors (Lipinski definition) is 2. The van der Waals surface area contributed by atoms with Crippen LogP contribution in [0.5, 0.6) is 0 Å². The molecule has 3 nitrogen and oxygen atoms in total. The van der Waals surface area contributed by atoms with Gasteiger partial charge in [-0.1, -0.05) is 48.0 Å². The number of benzene rings is 2. The van der Waals surface area contributed by atoms with Crippen LogP contribution in [0.2, 0.25) is 5.02 Å². The van der Waals surface area contributed by atoms with E-state index in [2.05, 4.69) is 5.32 Å². The Morgan fingerprint density at radius 3 is 2.52 bits per heavy atom. The van der Waals surface area contributed by atoms with Gasteiger partial charge in [-0.25, -0.2) is 0 Å². The molecule has 0 radical (unpaired) electrons. The number of halogens is 1. The summed E-state index contributed by atoms with van der Waals surface area (Å²) in [6.45, 7) is 2.93. The van der Waals surface area contributed by atoms with Gasteiger partial charge in [-0.15, -0.1) is 0 Å². The SMILES string of the molecule is Cc1ccccc1NC(=O)CN(C)Cc1ccccc1Cl. The fraction of sp³-hybridized carbons (Fsp3) is 0.235. The highest BCUT2D eigenvalue weighted by atomic mass is 35.5. The van der Waals surface area contributed by atoms with Gasteiger partial charge in [0.1, 0.15) is 0 Å². The smallest absolute Gasteiger partial charge is 0.238 e. The minimum atomic E-state index is -0.0288. The van der Waals surface area contributed by atoms with Crippen LogP contribution in [0, 0.1) is 6.92 Å². The van der Waals surface area contributed by atoms with Crippen molar-refractivity contribution in [1.29, 1.82) is 0 Å². The molecule has 0 aliphatic carbocycles. The van der Waals surface area contributed by atoms with Gasteiger partial charge in [0, 0.05) is 17.3 Å². The molecule has 0 aliphatic rings. The summed E-state index contributed by atoms with van der Waals surface area (Å²) in [6.07, 6.45) is 0. The molecule has 0 saturated heterocycles. The van der Waals surface area contributed by atoms with Gasteiger partial charge in [0.25, 0.3) is 0 Å². The molecule has 21 heavy (non-hydrogen) atoms. The summed E-state index contributed by atoms with van der Waals surface area (Å²) in [5.41, 5.74) is 2.93. The van der Waals surface area contributed by atoms with E-state index in [-0.39, 0.29) is 5.91 Å². The predicted molar refractivity (Wildman–Crippen MR) is 87.6 cm³/mol. The first-order valence-electron chi connectivity index (χ1n) is 6.83. The summed E-state index contributed by atoms with van der Waals surface area (Å²) in [7, 11) is 1.90. The predicted octanol–water partition coefficient (Wildman–Crippen LogP) is 3.72. The van der Waals surface area contributed by atoms with E-state index in [1.807, 2.05) is 67.4 Å². The number of aryl methyl sites for hydroxylation is 1. The quantitative estimate of drug-likeness (QED) is 0.913. The van der Waals surface area contributed by atoms with Crippen LogP contribution in [-0.4, -0.2) is 24.4 Å². The number of rotatable bonds is 5. The molecule has 0 unspecified atom stereocenters. The summed E-state index contributed by atoms with van der Waals surface area (Å²) in [4.78, 5) is 14.0. The zero-order valence-corrected chi connectivity index (χ0v) is 13.0. The number of amides is 1. The summed E-state index contributed by atoms with van der Waals surface area (Å²) >= 11 is 6.13. The van der Waals surface area contributed by atoms with Gasteiger partial charge in [0.05, 0.1) is 6.54 Å².